The Morgan fingerprint density at radius 2 is 1.84 bits per heavy atom. The van der Waals surface area contributed by atoms with E-state index in [2.05, 4.69) is 22.1 Å². The van der Waals surface area contributed by atoms with Crippen molar-refractivity contribution >= 4 is 61.5 Å². The molecule has 0 bridgehead atoms. The normalized spacial score (nSPS) is 11.8. The number of halogens is 2. The second-order valence-electron chi connectivity index (χ2n) is 5.28. The average Bonchev–Trinajstić information content (AvgIpc) is 3.00. The monoisotopic (exact) mass is 392 g/mol. The number of anilines is 2. The fraction of sp³-hybridized carbons (Fsp3) is 0.222. The van der Waals surface area contributed by atoms with Gasteiger partial charge in [-0.3, -0.25) is 9.89 Å². The van der Waals surface area contributed by atoms with Gasteiger partial charge in [-0.25, -0.2) is 4.98 Å². The van der Waals surface area contributed by atoms with Crippen LogP contribution in [0.3, 0.4) is 0 Å². The second-order valence-corrected chi connectivity index (χ2v) is 7.16. The molecule has 0 atom stereocenters. The van der Waals surface area contributed by atoms with Crippen molar-refractivity contribution in [1.82, 2.24) is 4.98 Å². The van der Waals surface area contributed by atoms with Gasteiger partial charge >= 0.3 is 0 Å². The number of guanidine groups is 1. The average molecular weight is 393 g/mol. The Kier molecular flexibility index (Phi) is 5.78. The van der Waals surface area contributed by atoms with Crippen LogP contribution in [0.4, 0.5) is 10.8 Å². The lowest BCUT2D eigenvalue weighted by Crippen LogP contribution is -2.36. The van der Waals surface area contributed by atoms with Crippen LogP contribution < -0.4 is 10.2 Å². The van der Waals surface area contributed by atoms with E-state index in [9.17, 15) is 0 Å². The summed E-state index contributed by atoms with van der Waals surface area (Å²) in [4.78, 5) is 11.4. The van der Waals surface area contributed by atoms with Crippen molar-refractivity contribution < 1.29 is 0 Å². The zero-order valence-corrected chi connectivity index (χ0v) is 16.3. The molecule has 0 aliphatic heterocycles. The van der Waals surface area contributed by atoms with Crippen molar-refractivity contribution in [2.75, 3.05) is 23.3 Å². The van der Waals surface area contributed by atoms with Crippen molar-refractivity contribution in [3.8, 4) is 0 Å². The van der Waals surface area contributed by atoms with Gasteiger partial charge in [-0.15, -0.1) is 0 Å². The van der Waals surface area contributed by atoms with Crippen LogP contribution in [-0.4, -0.2) is 24.0 Å². The van der Waals surface area contributed by atoms with Crippen molar-refractivity contribution in [1.29, 1.82) is 0 Å². The molecular weight excluding hydrogens is 375 g/mol. The molecular formula is C18H18Cl2N4S. The summed E-state index contributed by atoms with van der Waals surface area (Å²) in [6.07, 6.45) is 0. The van der Waals surface area contributed by atoms with Gasteiger partial charge in [0.05, 0.1) is 10.2 Å². The predicted molar refractivity (Wildman–Crippen MR) is 111 cm³/mol. The van der Waals surface area contributed by atoms with E-state index >= 15 is 0 Å². The maximum Gasteiger partial charge on any atom is 0.204 e. The van der Waals surface area contributed by atoms with Crippen molar-refractivity contribution in [2.45, 2.75) is 13.8 Å². The maximum atomic E-state index is 6.09. The lowest BCUT2D eigenvalue weighted by atomic mass is 10.3. The van der Waals surface area contributed by atoms with Gasteiger partial charge < -0.3 is 5.32 Å². The summed E-state index contributed by atoms with van der Waals surface area (Å²) in [5.74, 6) is 0.762. The molecule has 1 heterocycles. The third-order valence-electron chi connectivity index (χ3n) is 3.55. The van der Waals surface area contributed by atoms with E-state index in [1.54, 1.807) is 11.3 Å². The Morgan fingerprint density at radius 3 is 2.52 bits per heavy atom. The van der Waals surface area contributed by atoms with Crippen molar-refractivity contribution in [2.24, 2.45) is 4.99 Å². The van der Waals surface area contributed by atoms with Crippen LogP contribution in [0.25, 0.3) is 10.2 Å². The van der Waals surface area contributed by atoms with E-state index in [4.69, 9.17) is 28.2 Å². The summed E-state index contributed by atoms with van der Waals surface area (Å²) in [5.41, 5.74) is 1.87. The van der Waals surface area contributed by atoms with Crippen molar-refractivity contribution in [3.05, 3.63) is 52.5 Å². The molecule has 0 fully saturated rings. The number of nitrogens with zero attached hydrogens (tertiary/aromatic N) is 3. The molecule has 0 unspecified atom stereocenters. The van der Waals surface area contributed by atoms with Crippen LogP contribution in [0.1, 0.15) is 13.8 Å². The highest BCUT2D eigenvalue weighted by Crippen LogP contribution is 2.31. The van der Waals surface area contributed by atoms with Crippen LogP contribution >= 0.6 is 34.5 Å². The van der Waals surface area contributed by atoms with E-state index < -0.39 is 0 Å². The molecule has 7 heteroatoms. The SMILES string of the molecule is CCN=C(Nc1ccc(Cl)cc1)N(CC)c1nc2ccc(Cl)cc2s1. The van der Waals surface area contributed by atoms with E-state index in [1.807, 2.05) is 49.4 Å². The van der Waals surface area contributed by atoms with Gasteiger partial charge in [0.1, 0.15) is 0 Å². The highest BCUT2D eigenvalue weighted by molar-refractivity contribution is 7.22. The number of rotatable bonds is 4. The van der Waals surface area contributed by atoms with Gasteiger partial charge in [0, 0.05) is 28.8 Å². The number of aliphatic imine (C=N–C) groups is 1. The standard InChI is InChI=1S/C18H18Cl2N4S/c1-3-21-17(22-14-8-5-12(19)6-9-14)24(4-2)18-23-15-10-7-13(20)11-16(15)25-18/h5-11H,3-4H2,1-2H3,(H,21,22). The number of hydrogen-bond donors (Lipinski definition) is 1. The van der Waals surface area contributed by atoms with Crippen LogP contribution in [0, 0.1) is 0 Å². The van der Waals surface area contributed by atoms with Gasteiger partial charge in [0.2, 0.25) is 5.96 Å². The molecule has 0 aliphatic rings. The first-order valence-corrected chi connectivity index (χ1v) is 9.58. The number of hydrogen-bond acceptors (Lipinski definition) is 3. The molecule has 1 aromatic heterocycles. The van der Waals surface area contributed by atoms with E-state index in [-0.39, 0.29) is 0 Å². The lowest BCUT2D eigenvalue weighted by molar-refractivity contribution is 1.01. The van der Waals surface area contributed by atoms with E-state index in [1.165, 1.54) is 0 Å². The second kappa shape index (κ2) is 8.04. The summed E-state index contributed by atoms with van der Waals surface area (Å²) in [6, 6.07) is 13.3. The molecule has 2 aromatic carbocycles. The van der Waals surface area contributed by atoms with Crippen molar-refractivity contribution in [3.63, 3.8) is 0 Å². The summed E-state index contributed by atoms with van der Waals surface area (Å²) in [6.45, 7) is 5.50. The third kappa shape index (κ3) is 4.24. The Hall–Kier alpha value is -1.82. The highest BCUT2D eigenvalue weighted by atomic mass is 35.5. The molecule has 0 radical (unpaired) electrons. The highest BCUT2D eigenvalue weighted by Gasteiger charge is 2.17. The van der Waals surface area contributed by atoms with E-state index in [0.29, 0.717) is 16.6 Å². The molecule has 0 spiro atoms. The Bertz CT molecular complexity index is 890. The van der Waals surface area contributed by atoms with Crippen LogP contribution in [0.2, 0.25) is 10.0 Å². The topological polar surface area (TPSA) is 40.5 Å². The summed E-state index contributed by atoms with van der Waals surface area (Å²) in [7, 11) is 0. The Labute approximate surface area is 161 Å². The number of thiazole rings is 1. The third-order valence-corrected chi connectivity index (χ3v) is 5.08. The van der Waals surface area contributed by atoms with Crippen LogP contribution in [0.5, 0.6) is 0 Å². The largest absolute Gasteiger partial charge is 0.326 e. The lowest BCUT2D eigenvalue weighted by Gasteiger charge is -2.23. The number of nitrogens with one attached hydrogen (secondary N) is 1. The number of aromatic nitrogens is 1. The van der Waals surface area contributed by atoms with E-state index in [0.717, 1.165) is 33.5 Å². The minimum atomic E-state index is 0.670. The fourth-order valence-electron chi connectivity index (χ4n) is 2.38. The zero-order valence-electron chi connectivity index (χ0n) is 14.0. The van der Waals surface area contributed by atoms with Gasteiger partial charge in [0.25, 0.3) is 0 Å². The molecule has 25 heavy (non-hydrogen) atoms. The zero-order chi connectivity index (χ0) is 17.8. The Morgan fingerprint density at radius 1 is 1.12 bits per heavy atom. The first-order valence-electron chi connectivity index (χ1n) is 8.01. The fourth-order valence-corrected chi connectivity index (χ4v) is 3.82. The molecule has 0 aliphatic carbocycles. The summed E-state index contributed by atoms with van der Waals surface area (Å²) < 4.78 is 1.06. The molecule has 130 valence electrons. The van der Waals surface area contributed by atoms with Crippen LogP contribution in [0.15, 0.2) is 47.5 Å². The van der Waals surface area contributed by atoms with Gasteiger partial charge in [-0.05, 0) is 56.3 Å². The minimum absolute atomic E-state index is 0.670. The summed E-state index contributed by atoms with van der Waals surface area (Å²) >= 11 is 13.7. The van der Waals surface area contributed by atoms with Gasteiger partial charge in [0.15, 0.2) is 5.13 Å². The first kappa shape index (κ1) is 18.0. The molecule has 3 rings (SSSR count). The molecule has 0 saturated heterocycles. The molecule has 0 amide bonds. The molecule has 4 nitrogen and oxygen atoms in total. The number of fused-ring (bicyclic) bond motifs is 1. The molecule has 3 aromatic rings. The quantitative estimate of drug-likeness (QED) is 0.442. The van der Waals surface area contributed by atoms with Gasteiger partial charge in [-0.2, -0.15) is 0 Å². The first-order chi connectivity index (χ1) is 12.1. The predicted octanol–water partition coefficient (Wildman–Crippen LogP) is 5.92. The Balaban J connectivity index is 1.93. The molecule has 1 N–H and O–H groups in total. The maximum absolute atomic E-state index is 6.09. The van der Waals surface area contributed by atoms with Crippen LogP contribution in [-0.2, 0) is 0 Å². The van der Waals surface area contributed by atoms with Gasteiger partial charge in [-0.1, -0.05) is 34.5 Å². The number of benzene rings is 2. The molecule has 0 saturated carbocycles. The smallest absolute Gasteiger partial charge is 0.204 e. The summed E-state index contributed by atoms with van der Waals surface area (Å²) in [5, 5.41) is 5.67. The minimum Gasteiger partial charge on any atom is -0.326 e.